The van der Waals surface area contributed by atoms with E-state index >= 15 is 0 Å². The molecule has 2 aromatic rings. The van der Waals surface area contributed by atoms with E-state index in [2.05, 4.69) is 13.0 Å². The Morgan fingerprint density at radius 2 is 2.33 bits per heavy atom. The normalized spacial score (nSPS) is 13.5. The van der Waals surface area contributed by atoms with E-state index in [1.807, 2.05) is 0 Å². The van der Waals surface area contributed by atoms with Crippen molar-refractivity contribution in [2.45, 2.75) is 50.7 Å². The number of hydrogen-bond acceptors (Lipinski definition) is 5. The first-order valence-electron chi connectivity index (χ1n) is 7.31. The van der Waals surface area contributed by atoms with Gasteiger partial charge in [0.2, 0.25) is 0 Å². The van der Waals surface area contributed by atoms with Crippen LogP contribution in [0.15, 0.2) is 9.95 Å². The minimum atomic E-state index is 0.112. The summed E-state index contributed by atoms with van der Waals surface area (Å²) in [5.74, 6) is 0.684. The molecule has 6 heteroatoms. The fraction of sp³-hybridized carbons (Fsp3) is 0.533. The summed E-state index contributed by atoms with van der Waals surface area (Å²) in [4.78, 5) is 19.8. The summed E-state index contributed by atoms with van der Waals surface area (Å²) in [7, 11) is 0. The Morgan fingerprint density at radius 1 is 1.48 bits per heavy atom. The topological polar surface area (TPSA) is 58.7 Å². The maximum Gasteiger partial charge on any atom is 0.263 e. The summed E-state index contributed by atoms with van der Waals surface area (Å²) < 4.78 is 1.80. The number of thioether (sulfide) groups is 1. The highest BCUT2D eigenvalue weighted by Gasteiger charge is 2.22. The monoisotopic (exact) mass is 319 g/mol. The third-order valence-corrected chi connectivity index (χ3v) is 5.85. The Kier molecular flexibility index (Phi) is 4.32. The van der Waals surface area contributed by atoms with E-state index in [0.717, 1.165) is 41.1 Å². The van der Waals surface area contributed by atoms with Gasteiger partial charge in [-0.05, 0) is 31.2 Å². The first kappa shape index (κ1) is 14.6. The van der Waals surface area contributed by atoms with Gasteiger partial charge in [0.15, 0.2) is 5.16 Å². The molecule has 1 aliphatic rings. The first-order valence-corrected chi connectivity index (χ1v) is 9.11. The van der Waals surface area contributed by atoms with Crippen LogP contribution in [0.5, 0.6) is 0 Å². The SMILES string of the molecule is CCCn1c(SCCC#N)nc2sc3c(c2c1=O)CCC3. The van der Waals surface area contributed by atoms with E-state index in [4.69, 9.17) is 10.2 Å². The third kappa shape index (κ3) is 2.60. The molecule has 0 bridgehead atoms. The lowest BCUT2D eigenvalue weighted by atomic mass is 10.2. The molecule has 2 aromatic heterocycles. The summed E-state index contributed by atoms with van der Waals surface area (Å²) in [5, 5.41) is 10.3. The number of aryl methyl sites for hydroxylation is 2. The van der Waals surface area contributed by atoms with Crippen LogP contribution in [0.2, 0.25) is 0 Å². The molecule has 0 saturated heterocycles. The van der Waals surface area contributed by atoms with Gasteiger partial charge in [0.05, 0.1) is 11.5 Å². The van der Waals surface area contributed by atoms with Gasteiger partial charge < -0.3 is 0 Å². The molecule has 110 valence electrons. The number of rotatable bonds is 5. The van der Waals surface area contributed by atoms with Crippen LogP contribution in [0.4, 0.5) is 0 Å². The molecule has 0 fully saturated rings. The molecular weight excluding hydrogens is 302 g/mol. The molecule has 2 heterocycles. The van der Waals surface area contributed by atoms with Crippen molar-refractivity contribution in [2.75, 3.05) is 5.75 Å². The molecule has 0 unspecified atom stereocenters. The predicted molar refractivity (Wildman–Crippen MR) is 87.2 cm³/mol. The van der Waals surface area contributed by atoms with Crippen LogP contribution in [0.3, 0.4) is 0 Å². The quantitative estimate of drug-likeness (QED) is 0.482. The van der Waals surface area contributed by atoms with Gasteiger partial charge >= 0.3 is 0 Å². The van der Waals surface area contributed by atoms with Crippen molar-refractivity contribution in [1.82, 2.24) is 9.55 Å². The van der Waals surface area contributed by atoms with Gasteiger partial charge in [-0.2, -0.15) is 5.26 Å². The number of thiophene rings is 1. The van der Waals surface area contributed by atoms with Crippen molar-refractivity contribution < 1.29 is 0 Å². The van der Waals surface area contributed by atoms with Crippen LogP contribution in [-0.4, -0.2) is 15.3 Å². The van der Waals surface area contributed by atoms with Crippen molar-refractivity contribution in [1.29, 1.82) is 5.26 Å². The molecule has 0 N–H and O–H groups in total. The fourth-order valence-corrected chi connectivity index (χ4v) is 4.95. The van der Waals surface area contributed by atoms with Gasteiger partial charge in [0, 0.05) is 23.6 Å². The van der Waals surface area contributed by atoms with E-state index in [1.54, 1.807) is 15.9 Å². The van der Waals surface area contributed by atoms with Gasteiger partial charge in [0.1, 0.15) is 4.83 Å². The number of nitriles is 1. The van der Waals surface area contributed by atoms with Crippen LogP contribution in [0.1, 0.15) is 36.6 Å². The van der Waals surface area contributed by atoms with Crippen LogP contribution < -0.4 is 5.56 Å². The van der Waals surface area contributed by atoms with Gasteiger partial charge in [-0.1, -0.05) is 18.7 Å². The smallest absolute Gasteiger partial charge is 0.263 e. The van der Waals surface area contributed by atoms with Crippen molar-refractivity contribution in [3.8, 4) is 6.07 Å². The third-order valence-electron chi connectivity index (χ3n) is 3.68. The molecule has 4 nitrogen and oxygen atoms in total. The summed E-state index contributed by atoms with van der Waals surface area (Å²) in [6.45, 7) is 2.76. The Labute approximate surface area is 131 Å². The Hall–Kier alpha value is -1.32. The molecule has 0 atom stereocenters. The van der Waals surface area contributed by atoms with Crippen LogP contribution in [0.25, 0.3) is 10.2 Å². The second-order valence-electron chi connectivity index (χ2n) is 5.15. The minimum Gasteiger partial charge on any atom is -0.287 e. The zero-order chi connectivity index (χ0) is 14.8. The maximum absolute atomic E-state index is 12.8. The second-order valence-corrected chi connectivity index (χ2v) is 7.29. The lowest BCUT2D eigenvalue weighted by Gasteiger charge is -2.10. The van der Waals surface area contributed by atoms with Crippen LogP contribution in [-0.2, 0) is 19.4 Å². The number of nitrogens with zero attached hydrogens (tertiary/aromatic N) is 3. The Balaban J connectivity index is 2.12. The number of aromatic nitrogens is 2. The molecule has 0 aliphatic heterocycles. The molecular formula is C15H17N3OS2. The number of hydrogen-bond donors (Lipinski definition) is 0. The average molecular weight is 319 g/mol. The maximum atomic E-state index is 12.8. The van der Waals surface area contributed by atoms with Gasteiger partial charge in [-0.25, -0.2) is 4.98 Å². The van der Waals surface area contributed by atoms with Crippen molar-refractivity contribution in [3.63, 3.8) is 0 Å². The summed E-state index contributed by atoms with van der Waals surface area (Å²) in [6.07, 6.45) is 4.64. The van der Waals surface area contributed by atoms with Gasteiger partial charge in [0.25, 0.3) is 5.56 Å². The summed E-state index contributed by atoms with van der Waals surface area (Å²) in [5.41, 5.74) is 1.35. The predicted octanol–water partition coefficient (Wildman–Crippen LogP) is 3.36. The largest absolute Gasteiger partial charge is 0.287 e. The van der Waals surface area contributed by atoms with Crippen molar-refractivity contribution in [3.05, 3.63) is 20.8 Å². The molecule has 1 aliphatic carbocycles. The zero-order valence-electron chi connectivity index (χ0n) is 12.0. The summed E-state index contributed by atoms with van der Waals surface area (Å²) in [6, 6.07) is 2.14. The Bertz CT molecular complexity index is 770. The highest BCUT2D eigenvalue weighted by molar-refractivity contribution is 7.99. The first-order chi connectivity index (χ1) is 10.3. The van der Waals surface area contributed by atoms with E-state index in [1.165, 1.54) is 22.2 Å². The average Bonchev–Trinajstić information content (AvgIpc) is 3.03. The van der Waals surface area contributed by atoms with Crippen molar-refractivity contribution >= 4 is 33.3 Å². The molecule has 3 rings (SSSR count). The highest BCUT2D eigenvalue weighted by atomic mass is 32.2. The molecule has 0 saturated carbocycles. The second kappa shape index (κ2) is 6.20. The Morgan fingerprint density at radius 3 is 3.10 bits per heavy atom. The molecule has 21 heavy (non-hydrogen) atoms. The highest BCUT2D eigenvalue weighted by Crippen LogP contribution is 2.35. The van der Waals surface area contributed by atoms with Gasteiger partial charge in [-0.3, -0.25) is 9.36 Å². The molecule has 0 radical (unpaired) electrons. The standard InChI is InChI=1S/C15H17N3OS2/c1-2-8-18-14(19)12-10-5-3-6-11(10)21-13(12)17-15(18)20-9-4-7-16/h2-6,8-9H2,1H3. The summed E-state index contributed by atoms with van der Waals surface area (Å²) >= 11 is 3.20. The van der Waals surface area contributed by atoms with Crippen LogP contribution in [0, 0.1) is 11.3 Å². The zero-order valence-corrected chi connectivity index (χ0v) is 13.6. The molecule has 0 aromatic carbocycles. The minimum absolute atomic E-state index is 0.112. The lowest BCUT2D eigenvalue weighted by molar-refractivity contribution is 0.585. The lowest BCUT2D eigenvalue weighted by Crippen LogP contribution is -2.23. The van der Waals surface area contributed by atoms with E-state index in [-0.39, 0.29) is 5.56 Å². The van der Waals surface area contributed by atoms with Gasteiger partial charge in [-0.15, -0.1) is 11.3 Å². The molecule has 0 amide bonds. The fourth-order valence-electron chi connectivity index (χ4n) is 2.78. The van der Waals surface area contributed by atoms with E-state index < -0.39 is 0 Å². The van der Waals surface area contributed by atoms with E-state index in [9.17, 15) is 4.79 Å². The number of fused-ring (bicyclic) bond motifs is 3. The van der Waals surface area contributed by atoms with Crippen molar-refractivity contribution in [2.24, 2.45) is 0 Å². The van der Waals surface area contributed by atoms with E-state index in [0.29, 0.717) is 18.7 Å². The van der Waals surface area contributed by atoms with Crippen LogP contribution >= 0.6 is 23.1 Å². The molecule has 0 spiro atoms.